The number of aromatic hydroxyl groups is 4. The summed E-state index contributed by atoms with van der Waals surface area (Å²) in [4.78, 5) is 0. The molecule has 31 heavy (non-hydrogen) atoms. The fraction of sp³-hybridized carbons (Fsp3) is 0.0370. The molecule has 0 atom stereocenters. The summed E-state index contributed by atoms with van der Waals surface area (Å²) < 4.78 is 0. The van der Waals surface area contributed by atoms with Crippen LogP contribution in [-0.4, -0.2) is 20.4 Å². The highest BCUT2D eigenvalue weighted by molar-refractivity contribution is 5.96. The van der Waals surface area contributed by atoms with Crippen LogP contribution in [-0.2, 0) is 0 Å². The first-order valence-corrected chi connectivity index (χ1v) is 9.98. The SMILES string of the molecule is Oc1cccc2c(O)c(C(c3ccccc3)c3ccc4c(O)cccc4c3O)ccc12. The summed E-state index contributed by atoms with van der Waals surface area (Å²) in [7, 11) is 0. The minimum atomic E-state index is -0.459. The molecule has 0 radical (unpaired) electrons. The third-order valence-electron chi connectivity index (χ3n) is 5.84. The standard InChI is InChI=1S/C27H20O4/c28-23-10-4-8-19-17(23)12-14-21(26(19)30)25(16-6-2-1-3-7-16)22-15-13-18-20(27(22)31)9-5-11-24(18)29/h1-15,25,28-31H. The topological polar surface area (TPSA) is 80.9 Å². The second-order valence-corrected chi connectivity index (χ2v) is 7.60. The van der Waals surface area contributed by atoms with Gasteiger partial charge in [0.2, 0.25) is 0 Å². The van der Waals surface area contributed by atoms with Crippen LogP contribution in [0, 0.1) is 0 Å². The van der Waals surface area contributed by atoms with Crippen molar-refractivity contribution in [2.45, 2.75) is 5.92 Å². The molecule has 0 heterocycles. The summed E-state index contributed by atoms with van der Waals surface area (Å²) in [5.74, 6) is -0.158. The molecule has 5 aromatic rings. The van der Waals surface area contributed by atoms with E-state index in [2.05, 4.69) is 0 Å². The van der Waals surface area contributed by atoms with Gasteiger partial charge in [-0.1, -0.05) is 78.9 Å². The molecular formula is C27H20O4. The zero-order valence-corrected chi connectivity index (χ0v) is 16.5. The van der Waals surface area contributed by atoms with Crippen molar-refractivity contribution in [2.24, 2.45) is 0 Å². The molecule has 0 saturated heterocycles. The van der Waals surface area contributed by atoms with Gasteiger partial charge in [0.05, 0.1) is 0 Å². The van der Waals surface area contributed by atoms with Crippen LogP contribution < -0.4 is 0 Å². The second kappa shape index (κ2) is 7.26. The Morgan fingerprint density at radius 2 is 0.903 bits per heavy atom. The monoisotopic (exact) mass is 408 g/mol. The van der Waals surface area contributed by atoms with Gasteiger partial charge in [0.15, 0.2) is 0 Å². The van der Waals surface area contributed by atoms with E-state index in [0.717, 1.165) is 5.56 Å². The van der Waals surface area contributed by atoms with Gasteiger partial charge in [-0.3, -0.25) is 0 Å². The van der Waals surface area contributed by atoms with Crippen molar-refractivity contribution in [3.8, 4) is 23.0 Å². The summed E-state index contributed by atoms with van der Waals surface area (Å²) >= 11 is 0. The number of phenolic OH excluding ortho intramolecular Hbond substituents is 4. The normalized spacial score (nSPS) is 11.4. The molecule has 4 nitrogen and oxygen atoms in total. The van der Waals surface area contributed by atoms with Crippen molar-refractivity contribution in [1.29, 1.82) is 0 Å². The van der Waals surface area contributed by atoms with Crippen molar-refractivity contribution in [3.63, 3.8) is 0 Å². The summed E-state index contributed by atoms with van der Waals surface area (Å²) in [5, 5.41) is 44.9. The lowest BCUT2D eigenvalue weighted by Gasteiger charge is -2.22. The molecule has 0 bridgehead atoms. The summed E-state index contributed by atoms with van der Waals surface area (Å²) in [5.41, 5.74) is 2.12. The Bertz CT molecular complexity index is 1330. The molecule has 0 amide bonds. The largest absolute Gasteiger partial charge is 0.507 e. The minimum Gasteiger partial charge on any atom is -0.507 e. The molecule has 0 aromatic heterocycles. The lowest BCUT2D eigenvalue weighted by molar-refractivity contribution is 0.463. The smallest absolute Gasteiger partial charge is 0.127 e. The molecule has 0 aliphatic rings. The van der Waals surface area contributed by atoms with Gasteiger partial charge in [-0.15, -0.1) is 0 Å². The van der Waals surface area contributed by atoms with E-state index in [1.165, 1.54) is 0 Å². The summed E-state index contributed by atoms with van der Waals surface area (Å²) in [6.07, 6.45) is 0. The maximum Gasteiger partial charge on any atom is 0.127 e. The van der Waals surface area contributed by atoms with Gasteiger partial charge in [-0.05, 0) is 17.7 Å². The zero-order valence-electron chi connectivity index (χ0n) is 16.5. The van der Waals surface area contributed by atoms with Gasteiger partial charge in [0.1, 0.15) is 23.0 Å². The van der Waals surface area contributed by atoms with E-state index in [9.17, 15) is 20.4 Å². The Morgan fingerprint density at radius 1 is 0.419 bits per heavy atom. The highest BCUT2D eigenvalue weighted by Crippen LogP contribution is 2.46. The summed E-state index contributed by atoms with van der Waals surface area (Å²) in [6, 6.07) is 26.8. The van der Waals surface area contributed by atoms with Crippen LogP contribution in [0.2, 0.25) is 0 Å². The Morgan fingerprint density at radius 3 is 1.39 bits per heavy atom. The lowest BCUT2D eigenvalue weighted by atomic mass is 9.82. The maximum atomic E-state index is 11.2. The molecule has 0 aliphatic carbocycles. The first kappa shape index (κ1) is 18.8. The average Bonchev–Trinajstić information content (AvgIpc) is 2.79. The van der Waals surface area contributed by atoms with Gasteiger partial charge >= 0.3 is 0 Å². The first-order chi connectivity index (χ1) is 15.1. The van der Waals surface area contributed by atoms with Crippen LogP contribution in [0.3, 0.4) is 0 Å². The first-order valence-electron chi connectivity index (χ1n) is 9.98. The van der Waals surface area contributed by atoms with Crippen molar-refractivity contribution < 1.29 is 20.4 Å². The van der Waals surface area contributed by atoms with Crippen LogP contribution in [0.25, 0.3) is 21.5 Å². The van der Waals surface area contributed by atoms with E-state index in [0.29, 0.717) is 32.7 Å². The molecule has 4 N–H and O–H groups in total. The molecule has 0 fully saturated rings. The molecule has 5 aromatic carbocycles. The van der Waals surface area contributed by atoms with Crippen molar-refractivity contribution in [2.75, 3.05) is 0 Å². The fourth-order valence-electron chi connectivity index (χ4n) is 4.32. The Balaban J connectivity index is 1.81. The Labute approximate surface area is 178 Å². The average molecular weight is 408 g/mol. The van der Waals surface area contributed by atoms with Gasteiger partial charge in [0.25, 0.3) is 0 Å². The number of hydrogen-bond donors (Lipinski definition) is 4. The number of rotatable bonds is 3. The zero-order chi connectivity index (χ0) is 21.5. The number of benzene rings is 5. The third kappa shape index (κ3) is 3.01. The van der Waals surface area contributed by atoms with E-state index in [1.807, 2.05) is 30.3 Å². The van der Waals surface area contributed by atoms with Crippen molar-refractivity contribution in [3.05, 3.63) is 108 Å². The predicted octanol–water partition coefficient (Wildman–Crippen LogP) is 6.00. The minimum absolute atomic E-state index is 0.0534. The number of phenols is 4. The molecular weight excluding hydrogens is 388 g/mol. The quantitative estimate of drug-likeness (QED) is 0.276. The van der Waals surface area contributed by atoms with E-state index < -0.39 is 5.92 Å². The van der Waals surface area contributed by atoms with Crippen LogP contribution in [0.1, 0.15) is 22.6 Å². The van der Waals surface area contributed by atoms with Crippen LogP contribution in [0.4, 0.5) is 0 Å². The van der Waals surface area contributed by atoms with E-state index in [1.54, 1.807) is 60.7 Å². The molecule has 0 unspecified atom stereocenters. The van der Waals surface area contributed by atoms with Crippen molar-refractivity contribution >= 4 is 21.5 Å². The third-order valence-corrected chi connectivity index (χ3v) is 5.84. The van der Waals surface area contributed by atoms with E-state index >= 15 is 0 Å². The van der Waals surface area contributed by atoms with Crippen LogP contribution >= 0.6 is 0 Å². The number of hydrogen-bond acceptors (Lipinski definition) is 4. The molecule has 152 valence electrons. The predicted molar refractivity (Wildman–Crippen MR) is 122 cm³/mol. The molecule has 0 saturated carbocycles. The van der Waals surface area contributed by atoms with Gasteiger partial charge in [-0.25, -0.2) is 0 Å². The van der Waals surface area contributed by atoms with E-state index in [-0.39, 0.29) is 23.0 Å². The molecule has 5 rings (SSSR count). The molecule has 0 spiro atoms. The highest BCUT2D eigenvalue weighted by atomic mass is 16.3. The lowest BCUT2D eigenvalue weighted by Crippen LogP contribution is -2.05. The van der Waals surface area contributed by atoms with Gasteiger partial charge < -0.3 is 20.4 Å². The Kier molecular flexibility index (Phi) is 4.41. The fourth-order valence-corrected chi connectivity index (χ4v) is 4.32. The molecule has 0 aliphatic heterocycles. The van der Waals surface area contributed by atoms with E-state index in [4.69, 9.17) is 0 Å². The highest BCUT2D eigenvalue weighted by Gasteiger charge is 2.25. The summed E-state index contributed by atoms with van der Waals surface area (Å²) in [6.45, 7) is 0. The number of fused-ring (bicyclic) bond motifs is 2. The van der Waals surface area contributed by atoms with Gasteiger partial charge in [0, 0.05) is 38.6 Å². The van der Waals surface area contributed by atoms with Crippen molar-refractivity contribution in [1.82, 2.24) is 0 Å². The molecule has 4 heteroatoms. The maximum absolute atomic E-state index is 11.2. The van der Waals surface area contributed by atoms with Crippen LogP contribution in [0.5, 0.6) is 23.0 Å². The second-order valence-electron chi connectivity index (χ2n) is 7.60. The van der Waals surface area contributed by atoms with Crippen LogP contribution in [0.15, 0.2) is 91.0 Å². The van der Waals surface area contributed by atoms with Gasteiger partial charge in [-0.2, -0.15) is 0 Å². The Hall–Kier alpha value is -4.18.